The average molecular weight is 197 g/mol. The molecule has 0 saturated heterocycles. The number of rotatable bonds is 3. The highest BCUT2D eigenvalue weighted by molar-refractivity contribution is 7.57. The van der Waals surface area contributed by atoms with Crippen molar-refractivity contribution >= 4 is 13.6 Å². The Morgan fingerprint density at radius 3 is 2.54 bits per heavy atom. The highest BCUT2D eigenvalue weighted by Gasteiger charge is 2.14. The summed E-state index contributed by atoms with van der Waals surface area (Å²) in [7, 11) is -3.21. The Labute approximate surface area is 75.8 Å². The molecule has 5 heteroatoms. The van der Waals surface area contributed by atoms with Crippen molar-refractivity contribution in [2.75, 3.05) is 6.66 Å². The first-order valence-corrected chi connectivity index (χ1v) is 5.58. The van der Waals surface area contributed by atoms with Gasteiger partial charge in [-0.3, -0.25) is 4.57 Å². The molecule has 0 amide bonds. The molecule has 1 aromatic carbocycles. The van der Waals surface area contributed by atoms with E-state index in [2.05, 4.69) is 4.76 Å². The van der Waals surface area contributed by atoms with Crippen LogP contribution < -0.4 is 4.52 Å². The van der Waals surface area contributed by atoms with Crippen molar-refractivity contribution in [3.05, 3.63) is 30.3 Å². The molecule has 0 aromatic heterocycles. The zero-order valence-electron chi connectivity index (χ0n) is 7.01. The third-order valence-electron chi connectivity index (χ3n) is 1.24. The molecule has 0 aliphatic heterocycles. The Morgan fingerprint density at radius 2 is 2.00 bits per heavy atom. The molecule has 1 aromatic rings. The van der Waals surface area contributed by atoms with Gasteiger partial charge in [-0.1, -0.05) is 18.2 Å². The molecule has 0 radical (unpaired) electrons. The molecular weight excluding hydrogens is 189 g/mol. The number of isocyanates is 1. The van der Waals surface area contributed by atoms with Crippen molar-refractivity contribution in [3.63, 3.8) is 0 Å². The maximum absolute atomic E-state index is 11.3. The quantitative estimate of drug-likeness (QED) is 0.424. The molecular formula is C8H8NO3P. The van der Waals surface area contributed by atoms with Gasteiger partial charge in [0.15, 0.2) is 0 Å². The lowest BCUT2D eigenvalue weighted by atomic mass is 10.3. The van der Waals surface area contributed by atoms with Crippen LogP contribution in [-0.4, -0.2) is 12.7 Å². The van der Waals surface area contributed by atoms with Crippen molar-refractivity contribution in [1.82, 2.24) is 0 Å². The predicted molar refractivity (Wildman–Crippen MR) is 48.7 cm³/mol. The molecule has 0 spiro atoms. The van der Waals surface area contributed by atoms with Gasteiger partial charge in [0.1, 0.15) is 5.75 Å². The molecule has 0 saturated carbocycles. The smallest absolute Gasteiger partial charge is 0.369 e. The van der Waals surface area contributed by atoms with Crippen LogP contribution in [0.4, 0.5) is 0 Å². The first-order valence-electron chi connectivity index (χ1n) is 3.55. The molecule has 1 atom stereocenters. The molecule has 0 aliphatic carbocycles. The van der Waals surface area contributed by atoms with Gasteiger partial charge in [-0.25, -0.2) is 4.79 Å². The van der Waals surface area contributed by atoms with E-state index in [0.29, 0.717) is 5.75 Å². The van der Waals surface area contributed by atoms with Crippen molar-refractivity contribution < 1.29 is 13.9 Å². The number of hydrogen-bond donors (Lipinski definition) is 0. The van der Waals surface area contributed by atoms with Crippen LogP contribution in [0.2, 0.25) is 0 Å². The lowest BCUT2D eigenvalue weighted by Crippen LogP contribution is -1.87. The fourth-order valence-corrected chi connectivity index (χ4v) is 1.47. The molecule has 1 unspecified atom stereocenters. The number of nitrogens with zero attached hydrogens (tertiary/aromatic N) is 1. The lowest BCUT2D eigenvalue weighted by Gasteiger charge is -2.07. The summed E-state index contributed by atoms with van der Waals surface area (Å²) in [6.07, 6.45) is 1.22. The topological polar surface area (TPSA) is 55.7 Å². The van der Waals surface area contributed by atoms with Gasteiger partial charge in [0.05, 0.1) is 0 Å². The number of para-hydroxylation sites is 1. The van der Waals surface area contributed by atoms with E-state index in [1.54, 1.807) is 30.3 Å². The van der Waals surface area contributed by atoms with Gasteiger partial charge in [0.2, 0.25) is 6.08 Å². The maximum atomic E-state index is 11.3. The predicted octanol–water partition coefficient (Wildman–Crippen LogP) is 2.22. The van der Waals surface area contributed by atoms with Crippen molar-refractivity contribution in [1.29, 1.82) is 0 Å². The van der Waals surface area contributed by atoms with Crippen molar-refractivity contribution in [2.24, 2.45) is 4.76 Å². The minimum atomic E-state index is -3.21. The summed E-state index contributed by atoms with van der Waals surface area (Å²) >= 11 is 0. The van der Waals surface area contributed by atoms with Gasteiger partial charge in [-0.15, -0.1) is 4.76 Å². The van der Waals surface area contributed by atoms with E-state index in [4.69, 9.17) is 4.52 Å². The average Bonchev–Trinajstić information content (AvgIpc) is 2.04. The van der Waals surface area contributed by atoms with Crippen LogP contribution in [0.3, 0.4) is 0 Å². The summed E-state index contributed by atoms with van der Waals surface area (Å²) in [5.74, 6) is 0.423. The van der Waals surface area contributed by atoms with Crippen LogP contribution in [-0.2, 0) is 9.36 Å². The third-order valence-corrected chi connectivity index (χ3v) is 2.23. The fourth-order valence-electron chi connectivity index (χ4n) is 0.772. The van der Waals surface area contributed by atoms with Gasteiger partial charge >= 0.3 is 7.52 Å². The number of carbonyl (C=O) groups excluding carboxylic acids is 1. The summed E-state index contributed by atoms with van der Waals surface area (Å²) in [6.45, 7) is 1.25. The molecule has 0 N–H and O–H groups in total. The van der Waals surface area contributed by atoms with E-state index in [0.717, 1.165) is 0 Å². The summed E-state index contributed by atoms with van der Waals surface area (Å²) in [6, 6.07) is 8.54. The highest BCUT2D eigenvalue weighted by atomic mass is 31.2. The Bertz CT molecular complexity index is 370. The molecule has 1 rings (SSSR count). The minimum Gasteiger partial charge on any atom is -0.428 e. The first-order chi connectivity index (χ1) is 6.14. The van der Waals surface area contributed by atoms with Gasteiger partial charge in [-0.05, 0) is 12.1 Å². The van der Waals surface area contributed by atoms with Crippen LogP contribution >= 0.6 is 7.52 Å². The normalized spacial score (nSPS) is 13.9. The first kappa shape index (κ1) is 9.72. The SMILES string of the molecule is CP(=O)(N=C=O)Oc1ccccc1. The monoisotopic (exact) mass is 197 g/mol. The number of hydrogen-bond acceptors (Lipinski definition) is 3. The van der Waals surface area contributed by atoms with Crippen LogP contribution in [0.15, 0.2) is 35.1 Å². The summed E-state index contributed by atoms with van der Waals surface area (Å²) in [5, 5.41) is 0. The Hall–Kier alpha value is -1.37. The second-order valence-electron chi connectivity index (χ2n) is 2.40. The van der Waals surface area contributed by atoms with Crippen molar-refractivity contribution in [2.45, 2.75) is 0 Å². The van der Waals surface area contributed by atoms with E-state index in [9.17, 15) is 9.36 Å². The molecule has 13 heavy (non-hydrogen) atoms. The lowest BCUT2D eigenvalue weighted by molar-refractivity contribution is 0.488. The third kappa shape index (κ3) is 3.24. The Kier molecular flexibility index (Phi) is 3.02. The van der Waals surface area contributed by atoms with Gasteiger partial charge < -0.3 is 4.52 Å². The Balaban J connectivity index is 2.81. The molecule has 0 aliphatic rings. The van der Waals surface area contributed by atoms with Crippen LogP contribution in [0.1, 0.15) is 0 Å². The van der Waals surface area contributed by atoms with E-state index in [1.807, 2.05) is 0 Å². The minimum absolute atomic E-state index is 0.423. The molecule has 0 bridgehead atoms. The van der Waals surface area contributed by atoms with Crippen LogP contribution in [0, 0.1) is 0 Å². The second kappa shape index (κ2) is 4.04. The van der Waals surface area contributed by atoms with Crippen LogP contribution in [0.25, 0.3) is 0 Å². The van der Waals surface area contributed by atoms with E-state index in [-0.39, 0.29) is 0 Å². The second-order valence-corrected chi connectivity index (χ2v) is 4.39. The summed E-state index contributed by atoms with van der Waals surface area (Å²) < 4.78 is 19.4. The van der Waals surface area contributed by atoms with Gasteiger partial charge in [0.25, 0.3) is 0 Å². The van der Waals surface area contributed by atoms with Gasteiger partial charge in [0, 0.05) is 6.66 Å². The van der Waals surface area contributed by atoms with E-state index in [1.165, 1.54) is 12.7 Å². The molecule has 68 valence electrons. The summed E-state index contributed by atoms with van der Waals surface area (Å²) in [5.41, 5.74) is 0. The van der Waals surface area contributed by atoms with Gasteiger partial charge in [-0.2, -0.15) is 0 Å². The summed E-state index contributed by atoms with van der Waals surface area (Å²) in [4.78, 5) is 9.87. The fraction of sp³-hybridized carbons (Fsp3) is 0.125. The largest absolute Gasteiger partial charge is 0.428 e. The highest BCUT2D eigenvalue weighted by Crippen LogP contribution is 2.43. The Morgan fingerprint density at radius 1 is 1.38 bits per heavy atom. The molecule has 0 heterocycles. The van der Waals surface area contributed by atoms with E-state index >= 15 is 0 Å². The van der Waals surface area contributed by atoms with E-state index < -0.39 is 7.52 Å². The standard InChI is InChI=1S/C8H8NO3P/c1-13(11,9-7-10)12-8-5-3-2-4-6-8/h2-6H,1H3. The zero-order valence-corrected chi connectivity index (χ0v) is 7.90. The zero-order chi connectivity index (χ0) is 9.73. The van der Waals surface area contributed by atoms with Crippen LogP contribution in [0.5, 0.6) is 5.75 Å². The molecule has 4 nitrogen and oxygen atoms in total. The number of benzene rings is 1. The maximum Gasteiger partial charge on any atom is 0.369 e. The molecule has 0 fully saturated rings. The van der Waals surface area contributed by atoms with Crippen molar-refractivity contribution in [3.8, 4) is 5.75 Å².